The molecule has 0 bridgehead atoms. The number of hydrogen-bond donors (Lipinski definition) is 1. The third kappa shape index (κ3) is 2.69. The second-order valence-corrected chi connectivity index (χ2v) is 4.29. The van der Waals surface area contributed by atoms with Gasteiger partial charge in [-0.2, -0.15) is 13.2 Å². The molecule has 1 atom stereocenters. The van der Waals surface area contributed by atoms with E-state index in [1.54, 1.807) is 0 Å². The van der Waals surface area contributed by atoms with Crippen molar-refractivity contribution in [3.63, 3.8) is 0 Å². The zero-order chi connectivity index (χ0) is 14.2. The summed E-state index contributed by atoms with van der Waals surface area (Å²) in [5.74, 6) is -2.29. The van der Waals surface area contributed by atoms with Gasteiger partial charge in [0.15, 0.2) is 0 Å². The van der Waals surface area contributed by atoms with E-state index in [0.29, 0.717) is 0 Å². The van der Waals surface area contributed by atoms with Crippen molar-refractivity contribution < 1.29 is 27.9 Å². The Labute approximate surface area is 106 Å². The van der Waals surface area contributed by atoms with E-state index >= 15 is 0 Å². The van der Waals surface area contributed by atoms with Gasteiger partial charge < -0.3 is 10.0 Å². The molecule has 19 heavy (non-hydrogen) atoms. The zero-order valence-corrected chi connectivity index (χ0v) is 9.65. The first-order valence-corrected chi connectivity index (χ1v) is 5.49. The second-order valence-electron chi connectivity index (χ2n) is 4.29. The van der Waals surface area contributed by atoms with Crippen LogP contribution in [-0.2, 0) is 15.8 Å². The van der Waals surface area contributed by atoms with Crippen LogP contribution in [0.25, 0.3) is 0 Å². The van der Waals surface area contributed by atoms with E-state index in [9.17, 15) is 22.8 Å². The summed E-state index contributed by atoms with van der Waals surface area (Å²) in [6.07, 6.45) is -4.56. The molecule has 2 rings (SSSR count). The highest BCUT2D eigenvalue weighted by molar-refractivity contribution is 5.99. The normalized spacial score (nSPS) is 19.8. The summed E-state index contributed by atoms with van der Waals surface area (Å²) in [5, 5.41) is 8.82. The van der Waals surface area contributed by atoms with E-state index in [1.165, 1.54) is 17.0 Å². The van der Waals surface area contributed by atoms with Crippen LogP contribution in [-0.4, -0.2) is 23.5 Å². The topological polar surface area (TPSA) is 57.6 Å². The number of carboxylic acid groups (broad SMARTS) is 1. The van der Waals surface area contributed by atoms with Crippen molar-refractivity contribution in [3.05, 3.63) is 29.8 Å². The van der Waals surface area contributed by atoms with Crippen molar-refractivity contribution in [1.29, 1.82) is 0 Å². The number of anilines is 1. The van der Waals surface area contributed by atoms with Crippen LogP contribution in [0, 0.1) is 5.92 Å². The van der Waals surface area contributed by atoms with Crippen LogP contribution < -0.4 is 4.90 Å². The van der Waals surface area contributed by atoms with Gasteiger partial charge in [-0.25, -0.2) is 0 Å². The van der Waals surface area contributed by atoms with Gasteiger partial charge in [-0.15, -0.1) is 0 Å². The van der Waals surface area contributed by atoms with Crippen LogP contribution in [0.15, 0.2) is 24.3 Å². The molecular weight excluding hydrogens is 263 g/mol. The summed E-state index contributed by atoms with van der Waals surface area (Å²) in [6, 6.07) is 4.09. The number of aliphatic carboxylic acids is 1. The quantitative estimate of drug-likeness (QED) is 0.898. The number of benzene rings is 1. The Hall–Kier alpha value is -2.05. The third-order valence-corrected chi connectivity index (χ3v) is 2.98. The fourth-order valence-corrected chi connectivity index (χ4v) is 1.95. The summed E-state index contributed by atoms with van der Waals surface area (Å²) in [7, 11) is 0. The number of rotatable bonds is 2. The number of carbonyl (C=O) groups excluding carboxylic acids is 1. The molecule has 1 aliphatic heterocycles. The Morgan fingerprint density at radius 3 is 2.26 bits per heavy atom. The molecule has 7 heteroatoms. The Kier molecular flexibility index (Phi) is 3.21. The van der Waals surface area contributed by atoms with E-state index in [0.717, 1.165) is 12.1 Å². The van der Waals surface area contributed by atoms with Gasteiger partial charge in [-0.1, -0.05) is 0 Å². The van der Waals surface area contributed by atoms with Gasteiger partial charge in [0.25, 0.3) is 0 Å². The molecule has 1 saturated heterocycles. The van der Waals surface area contributed by atoms with Crippen LogP contribution in [0.5, 0.6) is 0 Å². The zero-order valence-electron chi connectivity index (χ0n) is 9.65. The van der Waals surface area contributed by atoms with E-state index in [1.807, 2.05) is 0 Å². The second kappa shape index (κ2) is 4.56. The summed E-state index contributed by atoms with van der Waals surface area (Å²) in [4.78, 5) is 23.6. The SMILES string of the molecule is O=C(O)[C@@H]1CC(=O)N(c2ccc(C(F)(F)F)cc2)C1. The Bertz CT molecular complexity index is 510. The third-order valence-electron chi connectivity index (χ3n) is 2.98. The smallest absolute Gasteiger partial charge is 0.416 e. The minimum absolute atomic E-state index is 0.0144. The van der Waals surface area contributed by atoms with Gasteiger partial charge in [0.1, 0.15) is 0 Å². The summed E-state index contributed by atoms with van der Waals surface area (Å²) in [5.41, 5.74) is -0.528. The molecule has 1 aromatic rings. The first kappa shape index (κ1) is 13.4. The summed E-state index contributed by atoms with van der Waals surface area (Å²) in [6.45, 7) is -0.0144. The molecular formula is C12H10F3NO3. The molecule has 1 fully saturated rings. The minimum atomic E-state index is -4.43. The molecule has 1 N–H and O–H groups in total. The van der Waals surface area contributed by atoms with Gasteiger partial charge >= 0.3 is 12.1 Å². The van der Waals surface area contributed by atoms with Crippen LogP contribution in [0.2, 0.25) is 0 Å². The lowest BCUT2D eigenvalue weighted by Crippen LogP contribution is -2.25. The highest BCUT2D eigenvalue weighted by Crippen LogP contribution is 2.32. The fourth-order valence-electron chi connectivity index (χ4n) is 1.95. The number of amides is 1. The molecule has 1 heterocycles. The van der Waals surface area contributed by atoms with Crippen molar-refractivity contribution in [1.82, 2.24) is 0 Å². The van der Waals surface area contributed by atoms with Gasteiger partial charge in [-0.3, -0.25) is 9.59 Å². The molecule has 0 unspecified atom stereocenters. The number of halogens is 3. The lowest BCUT2D eigenvalue weighted by Gasteiger charge is -2.17. The van der Waals surface area contributed by atoms with Gasteiger partial charge in [0.2, 0.25) is 5.91 Å². The highest BCUT2D eigenvalue weighted by Gasteiger charge is 2.35. The van der Waals surface area contributed by atoms with Crippen LogP contribution in [0.1, 0.15) is 12.0 Å². The summed E-state index contributed by atoms with van der Waals surface area (Å²) < 4.78 is 37.1. The van der Waals surface area contributed by atoms with E-state index in [2.05, 4.69) is 0 Å². The van der Waals surface area contributed by atoms with E-state index < -0.39 is 29.5 Å². The number of nitrogens with zero attached hydrogens (tertiary/aromatic N) is 1. The van der Waals surface area contributed by atoms with E-state index in [4.69, 9.17) is 5.11 Å². The molecule has 0 radical (unpaired) electrons. The van der Waals surface area contributed by atoms with Gasteiger partial charge in [-0.05, 0) is 24.3 Å². The first-order chi connectivity index (χ1) is 8.79. The van der Waals surface area contributed by atoms with Crippen LogP contribution in [0.4, 0.5) is 18.9 Å². The molecule has 1 aliphatic rings. The van der Waals surface area contributed by atoms with Crippen LogP contribution in [0.3, 0.4) is 0 Å². The average molecular weight is 273 g/mol. The van der Waals surface area contributed by atoms with E-state index in [-0.39, 0.29) is 18.7 Å². The van der Waals surface area contributed by atoms with Crippen molar-refractivity contribution in [3.8, 4) is 0 Å². The van der Waals surface area contributed by atoms with Crippen molar-refractivity contribution in [2.45, 2.75) is 12.6 Å². The minimum Gasteiger partial charge on any atom is -0.481 e. The fraction of sp³-hybridized carbons (Fsp3) is 0.333. The number of hydrogen-bond acceptors (Lipinski definition) is 2. The maximum absolute atomic E-state index is 12.4. The van der Waals surface area contributed by atoms with Crippen LogP contribution >= 0.6 is 0 Å². The molecule has 0 aliphatic carbocycles. The average Bonchev–Trinajstić information content (AvgIpc) is 2.70. The Balaban J connectivity index is 2.19. The molecule has 4 nitrogen and oxygen atoms in total. The van der Waals surface area contributed by atoms with Crippen molar-refractivity contribution in [2.24, 2.45) is 5.92 Å². The van der Waals surface area contributed by atoms with Gasteiger partial charge in [0, 0.05) is 18.7 Å². The summed E-state index contributed by atoms with van der Waals surface area (Å²) >= 11 is 0. The maximum atomic E-state index is 12.4. The number of alkyl halides is 3. The predicted molar refractivity (Wildman–Crippen MR) is 59.5 cm³/mol. The number of carbonyl (C=O) groups is 2. The molecule has 0 aromatic heterocycles. The Morgan fingerprint density at radius 2 is 1.84 bits per heavy atom. The monoisotopic (exact) mass is 273 g/mol. The standard InChI is InChI=1S/C12H10F3NO3/c13-12(14,15)8-1-3-9(4-2-8)16-6-7(11(18)19)5-10(16)17/h1-4,7H,5-6H2,(H,18,19)/t7-/m1/s1. The lowest BCUT2D eigenvalue weighted by molar-refractivity contribution is -0.141. The first-order valence-electron chi connectivity index (χ1n) is 5.49. The van der Waals surface area contributed by atoms with Gasteiger partial charge in [0.05, 0.1) is 11.5 Å². The number of carboxylic acids is 1. The molecule has 0 spiro atoms. The predicted octanol–water partition coefficient (Wildman–Crippen LogP) is 2.14. The van der Waals surface area contributed by atoms with Crippen molar-refractivity contribution in [2.75, 3.05) is 11.4 Å². The Morgan fingerprint density at radius 1 is 1.26 bits per heavy atom. The maximum Gasteiger partial charge on any atom is 0.416 e. The molecule has 0 saturated carbocycles. The highest BCUT2D eigenvalue weighted by atomic mass is 19.4. The van der Waals surface area contributed by atoms with Crippen molar-refractivity contribution >= 4 is 17.6 Å². The molecule has 1 amide bonds. The lowest BCUT2D eigenvalue weighted by atomic mass is 10.1. The molecule has 102 valence electrons. The largest absolute Gasteiger partial charge is 0.481 e. The molecule has 1 aromatic carbocycles.